The lowest BCUT2D eigenvalue weighted by Gasteiger charge is -2.23. The molecule has 0 aromatic heterocycles. The van der Waals surface area contributed by atoms with Gasteiger partial charge in [-0.05, 0) is 39.7 Å². The van der Waals surface area contributed by atoms with Gasteiger partial charge in [-0.1, -0.05) is 36.4 Å². The smallest absolute Gasteiger partial charge is 0.338 e. The number of hydrogen-bond acceptors (Lipinski definition) is 2. The molecule has 0 aliphatic heterocycles. The Morgan fingerprint density at radius 3 is 2.26 bits per heavy atom. The molecule has 0 fully saturated rings. The molecule has 0 saturated carbocycles. The molecule has 0 radical (unpaired) electrons. The maximum absolute atomic E-state index is 12.5. The Morgan fingerprint density at radius 1 is 0.913 bits per heavy atom. The predicted octanol–water partition coefficient (Wildman–Crippen LogP) is 3.86. The second-order valence-electron chi connectivity index (χ2n) is 6.88. The average Bonchev–Trinajstić information content (AvgIpc) is 2.51. The molecule has 23 heavy (non-hydrogen) atoms. The summed E-state index contributed by atoms with van der Waals surface area (Å²) in [5, 5.41) is 4.31. The number of likely N-dealkylation sites (N-methyl/N-ethyl adjacent to an activating group) is 1. The van der Waals surface area contributed by atoms with Crippen LogP contribution in [0.2, 0.25) is 0 Å². The third kappa shape index (κ3) is 3.51. The lowest BCUT2D eigenvalue weighted by Crippen LogP contribution is -2.38. The summed E-state index contributed by atoms with van der Waals surface area (Å²) < 4.78 is 6.24. The molecule has 3 heteroatoms. The molecular weight excluding hydrogens is 286 g/mol. The van der Waals surface area contributed by atoms with Crippen LogP contribution in [0.4, 0.5) is 0 Å². The average molecular weight is 308 g/mol. The number of fused-ring (bicyclic) bond motifs is 2. The molecule has 0 unspecified atom stereocenters. The Balaban J connectivity index is 1.94. The van der Waals surface area contributed by atoms with Crippen molar-refractivity contribution in [3.05, 3.63) is 60.2 Å². The molecule has 0 amide bonds. The molecule has 0 aliphatic rings. The SMILES string of the molecule is C[N+](C)(C)CCOC(=O)c1cccc2cc3ccccc3cc12. The second-order valence-corrected chi connectivity index (χ2v) is 6.88. The predicted molar refractivity (Wildman–Crippen MR) is 94.6 cm³/mol. The zero-order chi connectivity index (χ0) is 16.4. The number of carbonyl (C=O) groups excluding carboxylic acids is 1. The molecule has 3 nitrogen and oxygen atoms in total. The van der Waals surface area contributed by atoms with Crippen LogP contribution in [0, 0.1) is 0 Å². The first-order chi connectivity index (χ1) is 10.9. The number of quaternary nitrogens is 1. The van der Waals surface area contributed by atoms with Crippen LogP contribution in [0.3, 0.4) is 0 Å². The lowest BCUT2D eigenvalue weighted by molar-refractivity contribution is -0.870. The molecule has 0 bridgehead atoms. The molecule has 3 rings (SSSR count). The highest BCUT2D eigenvalue weighted by atomic mass is 16.5. The van der Waals surface area contributed by atoms with Crippen LogP contribution in [0.5, 0.6) is 0 Å². The van der Waals surface area contributed by atoms with Crippen LogP contribution in [0.1, 0.15) is 10.4 Å². The van der Waals surface area contributed by atoms with Crippen LogP contribution in [-0.4, -0.2) is 44.7 Å². The molecule has 0 N–H and O–H groups in total. The van der Waals surface area contributed by atoms with Gasteiger partial charge in [0.25, 0.3) is 0 Å². The lowest BCUT2D eigenvalue weighted by atomic mass is 10.00. The van der Waals surface area contributed by atoms with E-state index in [1.54, 1.807) is 0 Å². The minimum atomic E-state index is -0.251. The van der Waals surface area contributed by atoms with Gasteiger partial charge in [-0.3, -0.25) is 0 Å². The molecule has 0 saturated heterocycles. The fourth-order valence-electron chi connectivity index (χ4n) is 2.63. The van der Waals surface area contributed by atoms with Gasteiger partial charge < -0.3 is 9.22 Å². The van der Waals surface area contributed by atoms with Crippen molar-refractivity contribution in [1.29, 1.82) is 0 Å². The van der Waals surface area contributed by atoms with Crippen molar-refractivity contribution in [1.82, 2.24) is 0 Å². The standard InChI is InChI=1S/C20H22NO2/c1-21(2,3)11-12-23-20(22)18-10-6-9-17-13-15-7-4-5-8-16(15)14-19(17)18/h4-10,13-14H,11-12H2,1-3H3/q+1. The van der Waals surface area contributed by atoms with E-state index in [0.29, 0.717) is 12.2 Å². The Labute approximate surface area is 136 Å². The van der Waals surface area contributed by atoms with Crippen molar-refractivity contribution in [2.45, 2.75) is 0 Å². The number of rotatable bonds is 4. The van der Waals surface area contributed by atoms with E-state index in [-0.39, 0.29) is 5.97 Å². The number of benzene rings is 3. The van der Waals surface area contributed by atoms with Gasteiger partial charge >= 0.3 is 5.97 Å². The van der Waals surface area contributed by atoms with E-state index in [9.17, 15) is 4.79 Å². The highest BCUT2D eigenvalue weighted by Gasteiger charge is 2.14. The van der Waals surface area contributed by atoms with Crippen LogP contribution in [-0.2, 0) is 4.74 Å². The largest absolute Gasteiger partial charge is 0.456 e. The fourth-order valence-corrected chi connectivity index (χ4v) is 2.63. The maximum atomic E-state index is 12.5. The Kier molecular flexibility index (Phi) is 4.05. The van der Waals surface area contributed by atoms with E-state index < -0.39 is 0 Å². The Morgan fingerprint density at radius 2 is 1.57 bits per heavy atom. The first-order valence-corrected chi connectivity index (χ1v) is 7.83. The van der Waals surface area contributed by atoms with Crippen LogP contribution >= 0.6 is 0 Å². The summed E-state index contributed by atoms with van der Waals surface area (Å²) in [7, 11) is 6.24. The molecule has 3 aromatic carbocycles. The highest BCUT2D eigenvalue weighted by Crippen LogP contribution is 2.26. The van der Waals surface area contributed by atoms with Gasteiger partial charge in [0.15, 0.2) is 0 Å². The van der Waals surface area contributed by atoms with E-state index in [0.717, 1.165) is 27.2 Å². The Hall–Kier alpha value is -2.39. The Bertz CT molecular complexity index is 862. The van der Waals surface area contributed by atoms with Crippen molar-refractivity contribution in [3.8, 4) is 0 Å². The van der Waals surface area contributed by atoms with Crippen molar-refractivity contribution >= 4 is 27.5 Å². The minimum Gasteiger partial charge on any atom is -0.456 e. The normalized spacial score (nSPS) is 11.8. The fraction of sp³-hybridized carbons (Fsp3) is 0.250. The van der Waals surface area contributed by atoms with E-state index >= 15 is 0 Å². The number of hydrogen-bond donors (Lipinski definition) is 0. The highest BCUT2D eigenvalue weighted by molar-refractivity contribution is 6.08. The molecular formula is C20H22NO2+. The van der Waals surface area contributed by atoms with E-state index in [4.69, 9.17) is 4.74 Å². The number of nitrogens with zero attached hydrogens (tertiary/aromatic N) is 1. The first-order valence-electron chi connectivity index (χ1n) is 7.83. The first kappa shape index (κ1) is 15.5. The summed E-state index contributed by atoms with van der Waals surface area (Å²) >= 11 is 0. The molecule has 118 valence electrons. The summed E-state index contributed by atoms with van der Waals surface area (Å²) in [5.41, 5.74) is 0.634. The number of esters is 1. The maximum Gasteiger partial charge on any atom is 0.338 e. The zero-order valence-corrected chi connectivity index (χ0v) is 13.9. The summed E-state index contributed by atoms with van der Waals surface area (Å²) in [5.74, 6) is -0.251. The van der Waals surface area contributed by atoms with Crippen molar-refractivity contribution in [2.24, 2.45) is 0 Å². The van der Waals surface area contributed by atoms with E-state index in [2.05, 4.69) is 45.4 Å². The van der Waals surface area contributed by atoms with Gasteiger partial charge in [-0.15, -0.1) is 0 Å². The third-order valence-electron chi connectivity index (χ3n) is 3.96. The van der Waals surface area contributed by atoms with Crippen molar-refractivity contribution in [2.75, 3.05) is 34.3 Å². The number of ether oxygens (including phenoxy) is 1. The minimum absolute atomic E-state index is 0.251. The summed E-state index contributed by atoms with van der Waals surface area (Å²) in [6.45, 7) is 1.21. The van der Waals surface area contributed by atoms with Crippen LogP contribution < -0.4 is 0 Å². The molecule has 0 aliphatic carbocycles. The summed E-state index contributed by atoms with van der Waals surface area (Å²) in [6.07, 6.45) is 0. The molecule has 0 heterocycles. The van der Waals surface area contributed by atoms with E-state index in [1.165, 1.54) is 5.39 Å². The summed E-state index contributed by atoms with van der Waals surface area (Å²) in [6, 6.07) is 18.2. The number of carbonyl (C=O) groups is 1. The molecule has 3 aromatic rings. The van der Waals surface area contributed by atoms with Gasteiger partial charge in [0.2, 0.25) is 0 Å². The molecule has 0 spiro atoms. The third-order valence-corrected chi connectivity index (χ3v) is 3.96. The van der Waals surface area contributed by atoms with Gasteiger partial charge in [-0.2, -0.15) is 0 Å². The second kappa shape index (κ2) is 6.01. The van der Waals surface area contributed by atoms with Crippen molar-refractivity contribution in [3.63, 3.8) is 0 Å². The van der Waals surface area contributed by atoms with Gasteiger partial charge in [0, 0.05) is 0 Å². The monoisotopic (exact) mass is 308 g/mol. The molecule has 0 atom stereocenters. The van der Waals surface area contributed by atoms with Gasteiger partial charge in [0.1, 0.15) is 13.2 Å². The van der Waals surface area contributed by atoms with Crippen LogP contribution in [0.15, 0.2) is 54.6 Å². The zero-order valence-electron chi connectivity index (χ0n) is 13.9. The summed E-state index contributed by atoms with van der Waals surface area (Å²) in [4.78, 5) is 12.5. The van der Waals surface area contributed by atoms with Crippen LogP contribution in [0.25, 0.3) is 21.5 Å². The van der Waals surface area contributed by atoms with E-state index in [1.807, 2.05) is 30.3 Å². The van der Waals surface area contributed by atoms with Gasteiger partial charge in [-0.25, -0.2) is 4.79 Å². The van der Waals surface area contributed by atoms with Gasteiger partial charge in [0.05, 0.1) is 26.7 Å². The quantitative estimate of drug-likeness (QED) is 0.416. The topological polar surface area (TPSA) is 26.3 Å². The van der Waals surface area contributed by atoms with Crippen molar-refractivity contribution < 1.29 is 14.0 Å².